The van der Waals surface area contributed by atoms with Crippen LogP contribution in [0.15, 0.2) is 36.5 Å². The maximum absolute atomic E-state index is 11.9. The van der Waals surface area contributed by atoms with E-state index in [-0.39, 0.29) is 11.8 Å². The minimum atomic E-state index is -0.632. The normalized spacial score (nSPS) is 11.7. The minimum Gasteiger partial charge on any atom is -0.341 e. The molecule has 0 aliphatic heterocycles. The Morgan fingerprint density at radius 2 is 1.95 bits per heavy atom. The van der Waals surface area contributed by atoms with E-state index in [0.717, 1.165) is 4.88 Å². The first-order valence-corrected chi connectivity index (χ1v) is 6.97. The van der Waals surface area contributed by atoms with E-state index < -0.39 is 6.04 Å². The molecule has 6 heteroatoms. The number of hydrogen-bond acceptors (Lipinski definition) is 4. The average molecular weight is 289 g/mol. The maximum Gasteiger partial charge on any atom is 0.251 e. The molecule has 0 fully saturated rings. The van der Waals surface area contributed by atoms with E-state index >= 15 is 0 Å². The van der Waals surface area contributed by atoms with Crippen LogP contribution in [0.5, 0.6) is 0 Å². The molecule has 1 atom stereocenters. The van der Waals surface area contributed by atoms with Crippen molar-refractivity contribution in [2.45, 2.75) is 19.9 Å². The third kappa shape index (κ3) is 3.64. The van der Waals surface area contributed by atoms with Crippen LogP contribution in [0, 0.1) is 6.92 Å². The molecule has 0 spiro atoms. The first-order valence-electron chi connectivity index (χ1n) is 6.15. The van der Waals surface area contributed by atoms with Gasteiger partial charge in [0.2, 0.25) is 5.91 Å². The zero-order chi connectivity index (χ0) is 14.5. The summed E-state index contributed by atoms with van der Waals surface area (Å²) in [6.07, 6.45) is 1.69. The zero-order valence-corrected chi connectivity index (χ0v) is 12.0. The van der Waals surface area contributed by atoms with E-state index in [2.05, 4.69) is 15.6 Å². The molecule has 2 amide bonds. The minimum absolute atomic E-state index is 0.274. The summed E-state index contributed by atoms with van der Waals surface area (Å²) in [7, 11) is 0. The summed E-state index contributed by atoms with van der Waals surface area (Å²) in [5, 5.41) is 5.86. The Labute approximate surface area is 121 Å². The quantitative estimate of drug-likeness (QED) is 0.906. The fourth-order valence-electron chi connectivity index (χ4n) is 1.56. The number of carbonyl (C=O) groups is 2. The number of hydrogen-bond donors (Lipinski definition) is 2. The number of aromatic nitrogens is 1. The second kappa shape index (κ2) is 6.29. The van der Waals surface area contributed by atoms with Crippen LogP contribution in [0.3, 0.4) is 0 Å². The van der Waals surface area contributed by atoms with E-state index in [9.17, 15) is 9.59 Å². The Kier molecular flexibility index (Phi) is 4.47. The van der Waals surface area contributed by atoms with Gasteiger partial charge in [-0.3, -0.25) is 9.59 Å². The van der Waals surface area contributed by atoms with Crippen LogP contribution in [0.4, 0.5) is 5.13 Å². The number of rotatable bonds is 4. The summed E-state index contributed by atoms with van der Waals surface area (Å²) in [5.41, 5.74) is 0.525. The van der Waals surface area contributed by atoms with Gasteiger partial charge in [0.25, 0.3) is 5.91 Å². The predicted molar refractivity (Wildman–Crippen MR) is 78.9 cm³/mol. The second-order valence-corrected chi connectivity index (χ2v) is 5.56. The molecule has 2 N–H and O–H groups in total. The summed E-state index contributed by atoms with van der Waals surface area (Å²) in [5.74, 6) is -0.563. The average Bonchev–Trinajstić information content (AvgIpc) is 2.85. The first-order chi connectivity index (χ1) is 9.56. The fourth-order valence-corrected chi connectivity index (χ4v) is 2.23. The fraction of sp³-hybridized carbons (Fsp3) is 0.214. The lowest BCUT2D eigenvalue weighted by molar-refractivity contribution is -0.117. The van der Waals surface area contributed by atoms with Gasteiger partial charge in [-0.1, -0.05) is 18.2 Å². The van der Waals surface area contributed by atoms with Crippen LogP contribution >= 0.6 is 11.3 Å². The van der Waals surface area contributed by atoms with Crippen molar-refractivity contribution in [2.24, 2.45) is 0 Å². The van der Waals surface area contributed by atoms with Gasteiger partial charge in [0.1, 0.15) is 6.04 Å². The predicted octanol–water partition coefficient (Wildman–Crippen LogP) is 2.21. The smallest absolute Gasteiger partial charge is 0.251 e. The standard InChI is InChI=1S/C14H15N3O2S/c1-9-8-15-14(20-9)17-12(18)10(2)16-13(19)11-6-4-3-5-7-11/h3-8,10H,1-2H3,(H,16,19)(H,15,17,18). The maximum atomic E-state index is 11.9. The molecule has 5 nitrogen and oxygen atoms in total. The number of nitrogens with one attached hydrogen (secondary N) is 2. The molecule has 2 aromatic rings. The van der Waals surface area contributed by atoms with Crippen molar-refractivity contribution in [1.29, 1.82) is 0 Å². The van der Waals surface area contributed by atoms with E-state index in [1.807, 2.05) is 13.0 Å². The highest BCUT2D eigenvalue weighted by Crippen LogP contribution is 2.16. The Morgan fingerprint density at radius 3 is 2.55 bits per heavy atom. The number of aryl methyl sites for hydroxylation is 1. The Balaban J connectivity index is 1.92. The summed E-state index contributed by atoms with van der Waals surface area (Å²) in [6.45, 7) is 3.55. The number of thiazole rings is 1. The summed E-state index contributed by atoms with van der Waals surface area (Å²) in [6, 6.07) is 8.15. The topological polar surface area (TPSA) is 71.1 Å². The van der Waals surface area contributed by atoms with Crippen LogP contribution in [0.2, 0.25) is 0 Å². The Bertz CT molecular complexity index is 610. The third-order valence-electron chi connectivity index (χ3n) is 2.63. The molecule has 1 aromatic heterocycles. The number of benzene rings is 1. The molecular formula is C14H15N3O2S. The van der Waals surface area contributed by atoms with E-state index in [0.29, 0.717) is 10.7 Å². The molecule has 0 saturated heterocycles. The first kappa shape index (κ1) is 14.2. The van der Waals surface area contributed by atoms with Gasteiger partial charge in [0.15, 0.2) is 5.13 Å². The molecular weight excluding hydrogens is 274 g/mol. The highest BCUT2D eigenvalue weighted by atomic mass is 32.1. The lowest BCUT2D eigenvalue weighted by Gasteiger charge is -2.12. The number of nitrogens with zero attached hydrogens (tertiary/aromatic N) is 1. The van der Waals surface area contributed by atoms with Crippen LogP contribution in [0.1, 0.15) is 22.2 Å². The van der Waals surface area contributed by atoms with Crippen molar-refractivity contribution < 1.29 is 9.59 Å². The summed E-state index contributed by atoms with van der Waals surface area (Å²) >= 11 is 1.39. The highest BCUT2D eigenvalue weighted by Gasteiger charge is 2.17. The Morgan fingerprint density at radius 1 is 1.25 bits per heavy atom. The van der Waals surface area contributed by atoms with Crippen LogP contribution in [-0.2, 0) is 4.79 Å². The lowest BCUT2D eigenvalue weighted by atomic mass is 10.2. The number of anilines is 1. The molecule has 0 radical (unpaired) electrons. The molecule has 0 aliphatic carbocycles. The molecule has 0 bridgehead atoms. The van der Waals surface area contributed by atoms with Crippen LogP contribution in [0.25, 0.3) is 0 Å². The largest absolute Gasteiger partial charge is 0.341 e. The van der Waals surface area contributed by atoms with Crippen molar-refractivity contribution in [3.63, 3.8) is 0 Å². The van der Waals surface area contributed by atoms with E-state index in [1.54, 1.807) is 37.4 Å². The second-order valence-electron chi connectivity index (χ2n) is 4.33. The molecule has 1 unspecified atom stereocenters. The number of amides is 2. The van der Waals surface area contributed by atoms with Gasteiger partial charge >= 0.3 is 0 Å². The van der Waals surface area contributed by atoms with Gasteiger partial charge in [-0.2, -0.15) is 0 Å². The van der Waals surface area contributed by atoms with Crippen molar-refractivity contribution in [1.82, 2.24) is 10.3 Å². The number of carbonyl (C=O) groups excluding carboxylic acids is 2. The molecule has 104 valence electrons. The van der Waals surface area contributed by atoms with Gasteiger partial charge in [-0.05, 0) is 26.0 Å². The monoisotopic (exact) mass is 289 g/mol. The molecule has 1 heterocycles. The van der Waals surface area contributed by atoms with Gasteiger partial charge in [0, 0.05) is 16.6 Å². The van der Waals surface area contributed by atoms with E-state index in [4.69, 9.17) is 0 Å². The highest BCUT2D eigenvalue weighted by molar-refractivity contribution is 7.15. The van der Waals surface area contributed by atoms with Gasteiger partial charge < -0.3 is 10.6 Å². The van der Waals surface area contributed by atoms with Crippen molar-refractivity contribution in [3.05, 3.63) is 47.0 Å². The van der Waals surface area contributed by atoms with Crippen LogP contribution < -0.4 is 10.6 Å². The van der Waals surface area contributed by atoms with Gasteiger partial charge in [0.05, 0.1) is 0 Å². The van der Waals surface area contributed by atoms with Gasteiger partial charge in [-0.25, -0.2) is 4.98 Å². The summed E-state index contributed by atoms with van der Waals surface area (Å²) < 4.78 is 0. The zero-order valence-electron chi connectivity index (χ0n) is 11.2. The molecule has 0 saturated carbocycles. The summed E-state index contributed by atoms with van der Waals surface area (Å²) in [4.78, 5) is 28.9. The van der Waals surface area contributed by atoms with Crippen molar-refractivity contribution >= 4 is 28.3 Å². The van der Waals surface area contributed by atoms with E-state index in [1.165, 1.54) is 11.3 Å². The molecule has 2 rings (SSSR count). The molecule has 20 heavy (non-hydrogen) atoms. The molecule has 1 aromatic carbocycles. The Hall–Kier alpha value is -2.21. The van der Waals surface area contributed by atoms with Crippen molar-refractivity contribution in [3.8, 4) is 0 Å². The SMILES string of the molecule is Cc1cnc(NC(=O)C(C)NC(=O)c2ccccc2)s1. The lowest BCUT2D eigenvalue weighted by Crippen LogP contribution is -2.41. The third-order valence-corrected chi connectivity index (χ3v) is 3.46. The van der Waals surface area contributed by atoms with Crippen molar-refractivity contribution in [2.75, 3.05) is 5.32 Å². The van der Waals surface area contributed by atoms with Gasteiger partial charge in [-0.15, -0.1) is 11.3 Å². The molecule has 0 aliphatic rings. The van der Waals surface area contributed by atoms with Crippen LogP contribution in [-0.4, -0.2) is 22.8 Å².